The number of nitrogens with one attached hydrogen (secondary N) is 2. The third-order valence-corrected chi connectivity index (χ3v) is 5.07. The molecule has 2 N–H and O–H groups in total. The third kappa shape index (κ3) is 3.09. The maximum absolute atomic E-state index is 11.9. The zero-order chi connectivity index (χ0) is 12.3. The van der Waals surface area contributed by atoms with Gasteiger partial charge in [0.25, 0.3) is 5.91 Å². The van der Waals surface area contributed by atoms with Crippen molar-refractivity contribution in [3.05, 3.63) is 20.8 Å². The Kier molecular flexibility index (Phi) is 4.22. The minimum Gasteiger partial charge on any atom is -0.351 e. The largest absolute Gasteiger partial charge is 0.351 e. The van der Waals surface area contributed by atoms with Gasteiger partial charge >= 0.3 is 0 Å². The van der Waals surface area contributed by atoms with Crippen LogP contribution in [0.3, 0.4) is 0 Å². The van der Waals surface area contributed by atoms with Crippen molar-refractivity contribution in [2.24, 2.45) is 5.41 Å². The van der Waals surface area contributed by atoms with E-state index in [1.54, 1.807) is 0 Å². The van der Waals surface area contributed by atoms with Gasteiger partial charge in [0.05, 0.1) is 4.88 Å². The minimum absolute atomic E-state index is 0.0445. The van der Waals surface area contributed by atoms with E-state index in [0.717, 1.165) is 22.4 Å². The maximum Gasteiger partial charge on any atom is 0.261 e. The summed E-state index contributed by atoms with van der Waals surface area (Å²) in [6.45, 7) is 1.77. The van der Waals surface area contributed by atoms with Crippen molar-refractivity contribution in [2.45, 2.75) is 19.3 Å². The van der Waals surface area contributed by atoms with Gasteiger partial charge in [0.2, 0.25) is 0 Å². The van der Waals surface area contributed by atoms with E-state index in [4.69, 9.17) is 0 Å². The molecule has 1 saturated carbocycles. The highest BCUT2D eigenvalue weighted by molar-refractivity contribution is 9.10. The summed E-state index contributed by atoms with van der Waals surface area (Å²) in [6, 6.07) is 1.87. The van der Waals surface area contributed by atoms with Gasteiger partial charge in [-0.05, 0) is 41.9 Å². The number of halogens is 1. The number of thiophene rings is 1. The molecule has 2 rings (SSSR count). The number of rotatable bonds is 5. The van der Waals surface area contributed by atoms with Gasteiger partial charge in [0, 0.05) is 28.4 Å². The highest BCUT2D eigenvalue weighted by Crippen LogP contribution is 2.39. The molecule has 0 spiro atoms. The van der Waals surface area contributed by atoms with Crippen molar-refractivity contribution >= 4 is 33.2 Å². The molecule has 94 valence electrons. The quantitative estimate of drug-likeness (QED) is 0.876. The number of amides is 1. The summed E-state index contributed by atoms with van der Waals surface area (Å²) in [5.41, 5.74) is 0.291. The molecule has 0 atom stereocenters. The molecular formula is C12H17BrN2OS. The van der Waals surface area contributed by atoms with E-state index >= 15 is 0 Å². The molecule has 5 heteroatoms. The molecule has 1 aliphatic carbocycles. The molecule has 0 aliphatic heterocycles. The molecule has 3 nitrogen and oxygen atoms in total. The summed E-state index contributed by atoms with van der Waals surface area (Å²) in [5.74, 6) is 0.0445. The summed E-state index contributed by atoms with van der Waals surface area (Å²) < 4.78 is 0.973. The summed E-state index contributed by atoms with van der Waals surface area (Å²) in [5, 5.41) is 8.20. The molecule has 0 unspecified atom stereocenters. The molecule has 0 bridgehead atoms. The first kappa shape index (κ1) is 13.1. The Morgan fingerprint density at radius 2 is 2.29 bits per heavy atom. The fraction of sp³-hybridized carbons (Fsp3) is 0.583. The van der Waals surface area contributed by atoms with Gasteiger partial charge in [0.15, 0.2) is 0 Å². The zero-order valence-electron chi connectivity index (χ0n) is 9.88. The van der Waals surface area contributed by atoms with E-state index in [0.29, 0.717) is 5.41 Å². The third-order valence-electron chi connectivity index (χ3n) is 3.38. The van der Waals surface area contributed by atoms with E-state index in [1.165, 1.54) is 30.6 Å². The molecule has 1 aromatic rings. The van der Waals surface area contributed by atoms with Crippen molar-refractivity contribution in [3.8, 4) is 0 Å². The van der Waals surface area contributed by atoms with E-state index in [9.17, 15) is 4.79 Å². The molecule has 1 heterocycles. The summed E-state index contributed by atoms with van der Waals surface area (Å²) in [6.07, 6.45) is 3.70. The molecule has 1 aromatic heterocycles. The second kappa shape index (κ2) is 5.50. The first-order valence-corrected chi connectivity index (χ1v) is 7.49. The standard InChI is InChI=1S/C12H17BrN2OS/c1-14-7-12(3-2-4-12)8-15-11(16)10-5-9(13)6-17-10/h5-6,14H,2-4,7-8H2,1H3,(H,15,16). The van der Waals surface area contributed by atoms with Gasteiger partial charge in [-0.15, -0.1) is 11.3 Å². The molecule has 0 saturated heterocycles. The Balaban J connectivity index is 1.87. The monoisotopic (exact) mass is 316 g/mol. The first-order chi connectivity index (χ1) is 8.15. The van der Waals surface area contributed by atoms with Crippen molar-refractivity contribution in [3.63, 3.8) is 0 Å². The van der Waals surface area contributed by atoms with Crippen LogP contribution in [0.25, 0.3) is 0 Å². The normalized spacial score (nSPS) is 17.5. The van der Waals surface area contributed by atoms with Crippen LogP contribution in [0.15, 0.2) is 15.9 Å². The van der Waals surface area contributed by atoms with E-state index in [2.05, 4.69) is 26.6 Å². The Bertz CT molecular complexity index is 401. The average molecular weight is 317 g/mol. The van der Waals surface area contributed by atoms with Gasteiger partial charge in [0.1, 0.15) is 0 Å². The summed E-state index contributed by atoms with van der Waals surface area (Å²) in [7, 11) is 1.97. The molecule has 0 aromatic carbocycles. The molecule has 1 fully saturated rings. The first-order valence-electron chi connectivity index (χ1n) is 5.82. The average Bonchev–Trinajstić information content (AvgIpc) is 2.68. The zero-order valence-corrected chi connectivity index (χ0v) is 12.3. The highest BCUT2D eigenvalue weighted by Gasteiger charge is 2.36. The van der Waals surface area contributed by atoms with Crippen molar-refractivity contribution in [1.29, 1.82) is 0 Å². The second-order valence-corrected chi connectivity index (χ2v) is 6.52. The van der Waals surface area contributed by atoms with E-state index in [1.807, 2.05) is 18.5 Å². The Hall–Kier alpha value is -0.390. The lowest BCUT2D eigenvalue weighted by Gasteiger charge is -2.42. The van der Waals surface area contributed by atoms with E-state index in [-0.39, 0.29) is 5.91 Å². The number of carbonyl (C=O) groups is 1. The van der Waals surface area contributed by atoms with Crippen LogP contribution in [0.5, 0.6) is 0 Å². The second-order valence-electron chi connectivity index (χ2n) is 4.70. The van der Waals surface area contributed by atoms with Gasteiger partial charge in [-0.2, -0.15) is 0 Å². The fourth-order valence-corrected chi connectivity index (χ4v) is 3.60. The predicted molar refractivity (Wildman–Crippen MR) is 74.6 cm³/mol. The number of hydrogen-bond acceptors (Lipinski definition) is 3. The molecular weight excluding hydrogens is 300 g/mol. The fourth-order valence-electron chi connectivity index (χ4n) is 2.25. The highest BCUT2D eigenvalue weighted by atomic mass is 79.9. The maximum atomic E-state index is 11.9. The minimum atomic E-state index is 0.0445. The Labute approximate surface area is 114 Å². The van der Waals surface area contributed by atoms with Gasteiger partial charge < -0.3 is 10.6 Å². The van der Waals surface area contributed by atoms with Crippen LogP contribution >= 0.6 is 27.3 Å². The molecule has 0 radical (unpaired) electrons. The Morgan fingerprint density at radius 3 is 2.76 bits per heavy atom. The van der Waals surface area contributed by atoms with Crippen LogP contribution in [0.2, 0.25) is 0 Å². The van der Waals surface area contributed by atoms with Crippen LogP contribution in [0.4, 0.5) is 0 Å². The van der Waals surface area contributed by atoms with Crippen LogP contribution in [-0.4, -0.2) is 26.0 Å². The Morgan fingerprint density at radius 1 is 1.53 bits per heavy atom. The summed E-state index contributed by atoms with van der Waals surface area (Å²) >= 11 is 4.83. The molecule has 17 heavy (non-hydrogen) atoms. The lowest BCUT2D eigenvalue weighted by atomic mass is 9.68. The summed E-state index contributed by atoms with van der Waals surface area (Å²) in [4.78, 5) is 12.7. The molecule has 1 amide bonds. The topological polar surface area (TPSA) is 41.1 Å². The van der Waals surface area contributed by atoms with Crippen LogP contribution in [0.1, 0.15) is 28.9 Å². The predicted octanol–water partition coefficient (Wildman–Crippen LogP) is 2.63. The van der Waals surface area contributed by atoms with Gasteiger partial charge in [-0.25, -0.2) is 0 Å². The van der Waals surface area contributed by atoms with Crippen molar-refractivity contribution < 1.29 is 4.79 Å². The van der Waals surface area contributed by atoms with E-state index < -0.39 is 0 Å². The van der Waals surface area contributed by atoms with Crippen LogP contribution in [-0.2, 0) is 0 Å². The SMILES string of the molecule is CNCC1(CNC(=O)c2cc(Br)cs2)CCC1. The van der Waals surface area contributed by atoms with Crippen molar-refractivity contribution in [2.75, 3.05) is 20.1 Å². The van der Waals surface area contributed by atoms with Crippen LogP contribution < -0.4 is 10.6 Å². The van der Waals surface area contributed by atoms with Gasteiger partial charge in [-0.1, -0.05) is 6.42 Å². The number of hydrogen-bond donors (Lipinski definition) is 2. The molecule has 1 aliphatic rings. The van der Waals surface area contributed by atoms with Crippen LogP contribution in [0, 0.1) is 5.41 Å². The lowest BCUT2D eigenvalue weighted by molar-refractivity contribution is 0.0866. The smallest absolute Gasteiger partial charge is 0.261 e. The number of carbonyl (C=O) groups excluding carboxylic acids is 1. The van der Waals surface area contributed by atoms with Gasteiger partial charge in [-0.3, -0.25) is 4.79 Å². The lowest BCUT2D eigenvalue weighted by Crippen LogP contribution is -2.47. The van der Waals surface area contributed by atoms with Crippen molar-refractivity contribution in [1.82, 2.24) is 10.6 Å².